The first-order valence-electron chi connectivity index (χ1n) is 6.52. The molecule has 0 aliphatic carbocycles. The molecule has 0 fully saturated rings. The highest BCUT2D eigenvalue weighted by atomic mass is 35.5. The second kappa shape index (κ2) is 6.73. The predicted octanol–water partition coefficient (Wildman–Crippen LogP) is 4.12. The van der Waals surface area contributed by atoms with Crippen molar-refractivity contribution in [1.82, 2.24) is 0 Å². The van der Waals surface area contributed by atoms with Crippen LogP contribution >= 0.6 is 11.6 Å². The van der Waals surface area contributed by atoms with Gasteiger partial charge >= 0.3 is 0 Å². The average Bonchev–Trinajstić information content (AvgIpc) is 2.43. The number of hydrogen-bond donors (Lipinski definition) is 1. The van der Waals surface area contributed by atoms with Crippen LogP contribution in [0.15, 0.2) is 42.5 Å². The van der Waals surface area contributed by atoms with Gasteiger partial charge in [0.05, 0.1) is 6.61 Å². The summed E-state index contributed by atoms with van der Waals surface area (Å²) in [5, 5.41) is 0.530. The van der Waals surface area contributed by atoms with E-state index < -0.39 is 0 Å². The minimum absolute atomic E-state index is 0.255. The van der Waals surface area contributed by atoms with Crippen LogP contribution in [0.1, 0.15) is 24.1 Å². The minimum Gasteiger partial charge on any atom is -0.494 e. The Labute approximate surface area is 123 Å². The summed E-state index contributed by atoms with van der Waals surface area (Å²) < 4.78 is 18.7. The molecule has 2 N–H and O–H groups in total. The van der Waals surface area contributed by atoms with Gasteiger partial charge in [-0.3, -0.25) is 0 Å². The summed E-state index contributed by atoms with van der Waals surface area (Å²) in [6.07, 6.45) is 0.478. The van der Waals surface area contributed by atoms with E-state index in [1.165, 1.54) is 12.1 Å². The molecule has 2 aromatic carbocycles. The first-order valence-corrected chi connectivity index (χ1v) is 6.90. The monoisotopic (exact) mass is 293 g/mol. The highest BCUT2D eigenvalue weighted by molar-refractivity contribution is 6.31. The minimum atomic E-state index is -0.306. The Balaban J connectivity index is 2.17. The molecule has 0 saturated carbocycles. The van der Waals surface area contributed by atoms with Crippen LogP contribution in [-0.4, -0.2) is 6.61 Å². The van der Waals surface area contributed by atoms with Crippen LogP contribution in [0.4, 0.5) is 4.39 Å². The molecule has 1 atom stereocenters. The molecule has 1 unspecified atom stereocenters. The summed E-state index contributed by atoms with van der Waals surface area (Å²) in [7, 11) is 0. The van der Waals surface area contributed by atoms with Crippen molar-refractivity contribution < 1.29 is 9.13 Å². The molecule has 106 valence electrons. The summed E-state index contributed by atoms with van der Waals surface area (Å²) in [4.78, 5) is 0. The van der Waals surface area contributed by atoms with E-state index in [0.717, 1.165) is 11.3 Å². The van der Waals surface area contributed by atoms with Gasteiger partial charge < -0.3 is 10.5 Å². The second-order valence-electron chi connectivity index (χ2n) is 4.55. The Hall–Kier alpha value is -1.58. The van der Waals surface area contributed by atoms with Crippen LogP contribution < -0.4 is 10.5 Å². The standard InChI is InChI=1S/C16H17ClFNO/c1-2-20-14-5-3-4-11(9-14)16(19)10-12-8-13(18)6-7-15(12)17/h3-9,16H,2,10,19H2,1H3. The van der Waals surface area contributed by atoms with Gasteiger partial charge in [-0.15, -0.1) is 0 Å². The Morgan fingerprint density at radius 3 is 2.80 bits per heavy atom. The zero-order chi connectivity index (χ0) is 14.5. The summed E-state index contributed by atoms with van der Waals surface area (Å²) in [5.41, 5.74) is 7.82. The molecule has 0 saturated heterocycles. The van der Waals surface area contributed by atoms with E-state index in [2.05, 4.69) is 0 Å². The van der Waals surface area contributed by atoms with Crippen LogP contribution in [0.5, 0.6) is 5.75 Å². The molecule has 2 aromatic rings. The number of benzene rings is 2. The fourth-order valence-electron chi connectivity index (χ4n) is 2.06. The number of hydrogen-bond acceptors (Lipinski definition) is 2. The Morgan fingerprint density at radius 1 is 1.25 bits per heavy atom. The molecular formula is C16H17ClFNO. The van der Waals surface area contributed by atoms with E-state index in [0.29, 0.717) is 23.6 Å². The fourth-order valence-corrected chi connectivity index (χ4v) is 2.25. The lowest BCUT2D eigenvalue weighted by Gasteiger charge is -2.14. The topological polar surface area (TPSA) is 35.2 Å². The Kier molecular flexibility index (Phi) is 4.99. The van der Waals surface area contributed by atoms with Gasteiger partial charge in [-0.2, -0.15) is 0 Å². The van der Waals surface area contributed by atoms with Gasteiger partial charge in [-0.1, -0.05) is 23.7 Å². The van der Waals surface area contributed by atoms with Crippen molar-refractivity contribution in [2.24, 2.45) is 5.73 Å². The van der Waals surface area contributed by atoms with Crippen molar-refractivity contribution in [2.75, 3.05) is 6.61 Å². The SMILES string of the molecule is CCOc1cccc(C(N)Cc2cc(F)ccc2Cl)c1. The molecule has 0 heterocycles. The van der Waals surface area contributed by atoms with Crippen molar-refractivity contribution in [3.8, 4) is 5.75 Å². The number of nitrogens with two attached hydrogens (primary N) is 1. The molecule has 0 aromatic heterocycles. The van der Waals surface area contributed by atoms with Gasteiger partial charge in [0.2, 0.25) is 0 Å². The Bertz CT molecular complexity index is 588. The molecule has 0 aliphatic rings. The predicted molar refractivity (Wildman–Crippen MR) is 79.7 cm³/mol. The molecule has 0 bridgehead atoms. The van der Waals surface area contributed by atoms with Crippen LogP contribution in [0, 0.1) is 5.82 Å². The van der Waals surface area contributed by atoms with Crippen LogP contribution in [-0.2, 0) is 6.42 Å². The molecule has 4 heteroatoms. The van der Waals surface area contributed by atoms with Gasteiger partial charge in [-0.05, 0) is 54.8 Å². The van der Waals surface area contributed by atoms with Crippen molar-refractivity contribution in [3.63, 3.8) is 0 Å². The van der Waals surface area contributed by atoms with Crippen LogP contribution in [0.3, 0.4) is 0 Å². The van der Waals surface area contributed by atoms with Crippen LogP contribution in [0.25, 0.3) is 0 Å². The third kappa shape index (κ3) is 3.71. The Morgan fingerprint density at radius 2 is 2.05 bits per heavy atom. The van der Waals surface area contributed by atoms with Gasteiger partial charge in [0, 0.05) is 11.1 Å². The molecule has 2 nitrogen and oxygen atoms in total. The van der Waals surface area contributed by atoms with Gasteiger partial charge in [-0.25, -0.2) is 4.39 Å². The zero-order valence-electron chi connectivity index (χ0n) is 11.3. The van der Waals surface area contributed by atoms with Crippen molar-refractivity contribution in [1.29, 1.82) is 0 Å². The van der Waals surface area contributed by atoms with E-state index in [-0.39, 0.29) is 11.9 Å². The molecule has 0 spiro atoms. The lowest BCUT2D eigenvalue weighted by atomic mass is 9.99. The van der Waals surface area contributed by atoms with E-state index >= 15 is 0 Å². The smallest absolute Gasteiger partial charge is 0.123 e. The normalized spacial score (nSPS) is 12.2. The molecule has 0 radical (unpaired) electrons. The number of ether oxygens (including phenoxy) is 1. The molecule has 0 amide bonds. The van der Waals surface area contributed by atoms with E-state index in [1.807, 2.05) is 31.2 Å². The molecule has 20 heavy (non-hydrogen) atoms. The summed E-state index contributed by atoms with van der Waals surface area (Å²) in [6, 6.07) is 11.7. The lowest BCUT2D eigenvalue weighted by Crippen LogP contribution is -2.14. The maximum Gasteiger partial charge on any atom is 0.123 e. The third-order valence-corrected chi connectivity index (χ3v) is 3.41. The quantitative estimate of drug-likeness (QED) is 0.900. The summed E-state index contributed by atoms with van der Waals surface area (Å²) in [6.45, 7) is 2.54. The first-order chi connectivity index (χ1) is 9.60. The highest BCUT2D eigenvalue weighted by Gasteiger charge is 2.11. The maximum atomic E-state index is 13.2. The zero-order valence-corrected chi connectivity index (χ0v) is 12.0. The highest BCUT2D eigenvalue weighted by Crippen LogP contribution is 2.25. The second-order valence-corrected chi connectivity index (χ2v) is 4.96. The summed E-state index contributed by atoms with van der Waals surface area (Å²) >= 11 is 6.06. The van der Waals surface area contributed by atoms with Crippen molar-refractivity contribution in [2.45, 2.75) is 19.4 Å². The molecule has 0 aliphatic heterocycles. The van der Waals surface area contributed by atoms with Crippen molar-refractivity contribution in [3.05, 3.63) is 64.4 Å². The maximum absolute atomic E-state index is 13.2. The van der Waals surface area contributed by atoms with Crippen molar-refractivity contribution >= 4 is 11.6 Å². The number of rotatable bonds is 5. The van der Waals surface area contributed by atoms with Crippen LogP contribution in [0.2, 0.25) is 5.02 Å². The largest absolute Gasteiger partial charge is 0.494 e. The molecular weight excluding hydrogens is 277 g/mol. The lowest BCUT2D eigenvalue weighted by molar-refractivity contribution is 0.339. The summed E-state index contributed by atoms with van der Waals surface area (Å²) in [5.74, 6) is 0.477. The number of halogens is 2. The average molecular weight is 294 g/mol. The van der Waals surface area contributed by atoms with Gasteiger partial charge in [0.25, 0.3) is 0 Å². The third-order valence-electron chi connectivity index (χ3n) is 3.04. The van der Waals surface area contributed by atoms with E-state index in [4.69, 9.17) is 22.1 Å². The van der Waals surface area contributed by atoms with Gasteiger partial charge in [0.15, 0.2) is 0 Å². The molecule has 2 rings (SSSR count). The fraction of sp³-hybridized carbons (Fsp3) is 0.250. The van der Waals surface area contributed by atoms with E-state index in [9.17, 15) is 4.39 Å². The van der Waals surface area contributed by atoms with E-state index in [1.54, 1.807) is 6.07 Å². The van der Waals surface area contributed by atoms with Gasteiger partial charge in [0.1, 0.15) is 11.6 Å². The first kappa shape index (κ1) is 14.8.